The minimum atomic E-state index is -3.24. The van der Waals surface area contributed by atoms with Gasteiger partial charge in [-0.2, -0.15) is 0 Å². The summed E-state index contributed by atoms with van der Waals surface area (Å²) in [6.07, 6.45) is 4.39. The largest absolute Gasteiger partial charge is 0.497 e. The summed E-state index contributed by atoms with van der Waals surface area (Å²) >= 11 is 0. The number of methoxy groups -OCH3 is 1. The van der Waals surface area contributed by atoms with Gasteiger partial charge in [-0.25, -0.2) is 12.7 Å². The van der Waals surface area contributed by atoms with Crippen LogP contribution in [0.5, 0.6) is 5.75 Å². The van der Waals surface area contributed by atoms with Gasteiger partial charge in [0, 0.05) is 13.1 Å². The zero-order valence-electron chi connectivity index (χ0n) is 15.5. The number of hydrogen-bond acceptors (Lipinski definition) is 4. The van der Waals surface area contributed by atoms with Gasteiger partial charge in [-0.05, 0) is 62.3 Å². The van der Waals surface area contributed by atoms with Crippen LogP contribution in [-0.2, 0) is 21.2 Å². The molecule has 1 aromatic rings. The number of rotatable bonds is 5. The van der Waals surface area contributed by atoms with E-state index in [1.807, 2.05) is 18.2 Å². The number of amides is 1. The summed E-state index contributed by atoms with van der Waals surface area (Å²) in [6.45, 7) is 2.46. The first-order valence-corrected chi connectivity index (χ1v) is 11.0. The lowest BCUT2D eigenvalue weighted by molar-refractivity contribution is -0.127. The maximum atomic E-state index is 12.8. The van der Waals surface area contributed by atoms with Gasteiger partial charge >= 0.3 is 0 Å². The van der Waals surface area contributed by atoms with Gasteiger partial charge in [-0.3, -0.25) is 4.79 Å². The van der Waals surface area contributed by atoms with E-state index >= 15 is 0 Å². The van der Waals surface area contributed by atoms with E-state index in [-0.39, 0.29) is 23.6 Å². The quantitative estimate of drug-likeness (QED) is 0.850. The van der Waals surface area contributed by atoms with E-state index in [9.17, 15) is 13.2 Å². The smallest absolute Gasteiger partial charge is 0.224 e. The van der Waals surface area contributed by atoms with Crippen molar-refractivity contribution in [2.45, 2.75) is 45.1 Å². The first-order valence-electron chi connectivity index (χ1n) is 9.39. The summed E-state index contributed by atoms with van der Waals surface area (Å²) in [5, 5.41) is 3.17. The van der Waals surface area contributed by atoms with Crippen molar-refractivity contribution in [2.75, 3.05) is 26.0 Å². The maximum Gasteiger partial charge on any atom is 0.224 e. The maximum absolute atomic E-state index is 12.8. The molecule has 1 aliphatic heterocycles. The fraction of sp³-hybridized carbons (Fsp3) is 0.632. The number of nitrogens with zero attached hydrogens (tertiary/aromatic N) is 1. The Hall–Kier alpha value is -1.60. The summed E-state index contributed by atoms with van der Waals surface area (Å²) in [5.41, 5.74) is 2.37. The number of aryl methyl sites for hydroxylation is 1. The number of carbonyl (C=O) groups excluding carboxylic acids is 1. The van der Waals surface area contributed by atoms with Crippen LogP contribution >= 0.6 is 0 Å². The second-order valence-corrected chi connectivity index (χ2v) is 9.37. The SMILES string of the molecule is CCS(=O)(=O)N1CCCC(C(=O)NC2CCCc3cc(OC)ccc32)C1. The number of sulfonamides is 1. The first-order chi connectivity index (χ1) is 12.4. The van der Waals surface area contributed by atoms with Crippen LogP contribution in [0, 0.1) is 5.92 Å². The molecule has 2 unspecified atom stereocenters. The van der Waals surface area contributed by atoms with Crippen LogP contribution in [0.15, 0.2) is 18.2 Å². The third kappa shape index (κ3) is 4.04. The molecule has 0 spiro atoms. The average Bonchev–Trinajstić information content (AvgIpc) is 2.67. The van der Waals surface area contributed by atoms with E-state index in [4.69, 9.17) is 4.74 Å². The van der Waals surface area contributed by atoms with Gasteiger partial charge in [0.2, 0.25) is 15.9 Å². The third-order valence-electron chi connectivity index (χ3n) is 5.49. The Morgan fingerprint density at radius 2 is 2.12 bits per heavy atom. The van der Waals surface area contributed by atoms with Crippen LogP contribution in [0.3, 0.4) is 0 Å². The second kappa shape index (κ2) is 7.96. The Labute approximate surface area is 156 Å². The van der Waals surface area contributed by atoms with Gasteiger partial charge in [0.1, 0.15) is 5.75 Å². The molecule has 1 aromatic carbocycles. The van der Waals surface area contributed by atoms with E-state index in [0.717, 1.165) is 43.4 Å². The molecule has 1 aliphatic carbocycles. The minimum Gasteiger partial charge on any atom is -0.497 e. The van der Waals surface area contributed by atoms with Gasteiger partial charge in [-0.1, -0.05) is 6.07 Å². The second-order valence-electron chi connectivity index (χ2n) is 7.12. The molecule has 1 heterocycles. The number of nitrogens with one attached hydrogen (secondary N) is 1. The number of hydrogen-bond donors (Lipinski definition) is 1. The summed E-state index contributed by atoms with van der Waals surface area (Å²) in [5.74, 6) is 0.617. The van der Waals surface area contributed by atoms with Crippen molar-refractivity contribution in [1.29, 1.82) is 0 Å². The van der Waals surface area contributed by atoms with Crippen LogP contribution < -0.4 is 10.1 Å². The standard InChI is InChI=1S/C19H28N2O4S/c1-3-26(23,24)21-11-5-7-15(13-21)19(22)20-18-8-4-6-14-12-16(25-2)9-10-17(14)18/h9-10,12,15,18H,3-8,11,13H2,1-2H3,(H,20,22). The van der Waals surface area contributed by atoms with Crippen molar-refractivity contribution in [3.8, 4) is 5.75 Å². The van der Waals surface area contributed by atoms with Crippen molar-refractivity contribution in [3.05, 3.63) is 29.3 Å². The normalized spacial score (nSPS) is 23.9. The lowest BCUT2D eigenvalue weighted by Crippen LogP contribution is -2.46. The van der Waals surface area contributed by atoms with Crippen molar-refractivity contribution < 1.29 is 17.9 Å². The van der Waals surface area contributed by atoms with Crippen LogP contribution in [-0.4, -0.2) is 44.6 Å². The zero-order valence-corrected chi connectivity index (χ0v) is 16.3. The van der Waals surface area contributed by atoms with Gasteiger partial charge in [-0.15, -0.1) is 0 Å². The summed E-state index contributed by atoms with van der Waals surface area (Å²) in [6, 6.07) is 6.01. The van der Waals surface area contributed by atoms with Crippen LogP contribution in [0.1, 0.15) is 49.8 Å². The first kappa shape index (κ1) is 19.2. The lowest BCUT2D eigenvalue weighted by Gasteiger charge is -2.33. The number of piperidine rings is 1. The van der Waals surface area contributed by atoms with Gasteiger partial charge in [0.25, 0.3) is 0 Å². The third-order valence-corrected chi connectivity index (χ3v) is 7.34. The van der Waals surface area contributed by atoms with Crippen molar-refractivity contribution >= 4 is 15.9 Å². The molecule has 1 amide bonds. The lowest BCUT2D eigenvalue weighted by atomic mass is 9.87. The molecule has 1 fully saturated rings. The molecule has 1 N–H and O–H groups in total. The van der Waals surface area contributed by atoms with Gasteiger partial charge < -0.3 is 10.1 Å². The molecule has 2 atom stereocenters. The number of fused-ring (bicyclic) bond motifs is 1. The van der Waals surface area contributed by atoms with E-state index in [0.29, 0.717) is 13.1 Å². The minimum absolute atomic E-state index is 0.00434. The Morgan fingerprint density at radius 3 is 2.85 bits per heavy atom. The monoisotopic (exact) mass is 380 g/mol. The summed E-state index contributed by atoms with van der Waals surface area (Å²) < 4.78 is 31.0. The summed E-state index contributed by atoms with van der Waals surface area (Å²) in [7, 11) is -1.58. The van der Waals surface area contributed by atoms with Gasteiger partial charge in [0.15, 0.2) is 0 Å². The Kier molecular flexibility index (Phi) is 5.87. The zero-order chi connectivity index (χ0) is 18.7. The molecule has 3 rings (SSSR count). The highest BCUT2D eigenvalue weighted by Crippen LogP contribution is 2.32. The molecule has 2 aliphatic rings. The molecule has 0 radical (unpaired) electrons. The van der Waals surface area contributed by atoms with Crippen molar-refractivity contribution in [1.82, 2.24) is 9.62 Å². The number of benzene rings is 1. The highest BCUT2D eigenvalue weighted by molar-refractivity contribution is 7.89. The molecule has 0 aromatic heterocycles. The van der Waals surface area contributed by atoms with Crippen LogP contribution in [0.4, 0.5) is 0 Å². The Balaban J connectivity index is 1.69. The molecule has 7 heteroatoms. The fourth-order valence-electron chi connectivity index (χ4n) is 3.95. The van der Waals surface area contributed by atoms with Crippen LogP contribution in [0.2, 0.25) is 0 Å². The van der Waals surface area contributed by atoms with Gasteiger partial charge in [0.05, 0.1) is 24.8 Å². The predicted molar refractivity (Wildman–Crippen MR) is 101 cm³/mol. The summed E-state index contributed by atoms with van der Waals surface area (Å²) in [4.78, 5) is 12.8. The van der Waals surface area contributed by atoms with E-state index in [2.05, 4.69) is 5.32 Å². The molecule has 26 heavy (non-hydrogen) atoms. The van der Waals surface area contributed by atoms with E-state index in [1.165, 1.54) is 9.87 Å². The van der Waals surface area contributed by atoms with Crippen LogP contribution in [0.25, 0.3) is 0 Å². The Morgan fingerprint density at radius 1 is 1.31 bits per heavy atom. The molecule has 1 saturated heterocycles. The number of carbonyl (C=O) groups is 1. The highest BCUT2D eigenvalue weighted by atomic mass is 32.2. The molecule has 6 nitrogen and oxygen atoms in total. The predicted octanol–water partition coefficient (Wildman–Crippen LogP) is 2.25. The van der Waals surface area contributed by atoms with E-state index in [1.54, 1.807) is 14.0 Å². The highest BCUT2D eigenvalue weighted by Gasteiger charge is 2.33. The average molecular weight is 381 g/mol. The molecule has 0 saturated carbocycles. The number of ether oxygens (including phenoxy) is 1. The van der Waals surface area contributed by atoms with Crippen molar-refractivity contribution in [3.63, 3.8) is 0 Å². The fourth-order valence-corrected chi connectivity index (χ4v) is 5.13. The van der Waals surface area contributed by atoms with Crippen molar-refractivity contribution in [2.24, 2.45) is 5.92 Å². The molecule has 0 bridgehead atoms. The topological polar surface area (TPSA) is 75.7 Å². The molecular weight excluding hydrogens is 352 g/mol. The molecular formula is C19H28N2O4S. The Bertz CT molecular complexity index is 763. The molecule has 144 valence electrons. The van der Waals surface area contributed by atoms with E-state index < -0.39 is 10.0 Å².